The molecule has 0 aliphatic heterocycles. The van der Waals surface area contributed by atoms with Crippen LogP contribution in [0.1, 0.15) is 88.2 Å². The summed E-state index contributed by atoms with van der Waals surface area (Å²) in [5.74, 6) is -0.319. The lowest BCUT2D eigenvalue weighted by Crippen LogP contribution is -2.14. The van der Waals surface area contributed by atoms with Gasteiger partial charge in [-0.05, 0) is 82.3 Å². The molecule has 0 atom stereocenters. The van der Waals surface area contributed by atoms with Crippen LogP contribution in [-0.4, -0.2) is 33.4 Å². The van der Waals surface area contributed by atoms with Gasteiger partial charge in [-0.2, -0.15) is 0 Å². The number of rotatable bonds is 15. The topological polar surface area (TPSA) is 104 Å². The van der Waals surface area contributed by atoms with Gasteiger partial charge in [0.2, 0.25) is 0 Å². The zero-order chi connectivity index (χ0) is 21.6. The number of hydrogen-bond donors (Lipinski definition) is 3. The van der Waals surface area contributed by atoms with E-state index in [1.165, 1.54) is 0 Å². The molecule has 1 aromatic carbocycles. The van der Waals surface area contributed by atoms with Gasteiger partial charge in [-0.15, -0.1) is 0 Å². The summed E-state index contributed by atoms with van der Waals surface area (Å²) in [5, 5.41) is 30.0. The molecule has 2 fully saturated rings. The Labute approximate surface area is 178 Å². The number of benzene rings is 1. The molecule has 0 saturated heterocycles. The molecule has 6 nitrogen and oxygen atoms in total. The first-order valence-electron chi connectivity index (χ1n) is 11.3. The molecule has 0 aromatic heterocycles. The number of carboxylic acids is 1. The minimum Gasteiger partial charge on any atom is -0.508 e. The number of carbonyl (C=O) groups is 2. The van der Waals surface area contributed by atoms with Crippen molar-refractivity contribution in [2.45, 2.75) is 95.5 Å². The third-order valence-electron chi connectivity index (χ3n) is 6.92. The van der Waals surface area contributed by atoms with E-state index in [2.05, 4.69) is 0 Å². The fourth-order valence-electron chi connectivity index (χ4n) is 4.39. The second kappa shape index (κ2) is 9.71. The maximum Gasteiger partial charge on any atom is 0.309 e. The van der Waals surface area contributed by atoms with E-state index in [1.54, 1.807) is 12.1 Å². The van der Waals surface area contributed by atoms with Crippen molar-refractivity contribution in [1.82, 2.24) is 0 Å². The van der Waals surface area contributed by atoms with Gasteiger partial charge in [-0.1, -0.05) is 25.3 Å². The highest BCUT2D eigenvalue weighted by Gasteiger charge is 2.49. The Hall–Kier alpha value is -2.24. The van der Waals surface area contributed by atoms with Crippen molar-refractivity contribution >= 4 is 12.4 Å². The lowest BCUT2D eigenvalue weighted by Gasteiger charge is -2.14. The summed E-state index contributed by atoms with van der Waals surface area (Å²) < 4.78 is 5.16. The van der Waals surface area contributed by atoms with Gasteiger partial charge in [-0.3, -0.25) is 9.59 Å². The summed E-state index contributed by atoms with van der Waals surface area (Å²) >= 11 is 0. The summed E-state index contributed by atoms with van der Waals surface area (Å²) in [4.78, 5) is 21.7. The molecule has 6 heteroatoms. The quantitative estimate of drug-likeness (QED) is 0.277. The molecule has 0 bridgehead atoms. The monoisotopic (exact) mass is 418 g/mol. The van der Waals surface area contributed by atoms with Crippen LogP contribution in [0, 0.1) is 5.41 Å². The lowest BCUT2D eigenvalue weighted by molar-refractivity contribution is -0.143. The molecule has 1 aromatic rings. The Kier molecular flexibility index (Phi) is 7.27. The van der Waals surface area contributed by atoms with Crippen molar-refractivity contribution in [3.05, 3.63) is 23.3 Å². The summed E-state index contributed by atoms with van der Waals surface area (Å²) in [7, 11) is 0. The summed E-state index contributed by atoms with van der Waals surface area (Å²) in [6, 6.07) is 3.45. The zero-order valence-corrected chi connectivity index (χ0v) is 17.7. The molecule has 0 unspecified atom stereocenters. The van der Waals surface area contributed by atoms with Gasteiger partial charge in [-0.25, -0.2) is 0 Å². The summed E-state index contributed by atoms with van der Waals surface area (Å²) in [6.45, 7) is 0.532. The molecular weight excluding hydrogens is 384 g/mol. The van der Waals surface area contributed by atoms with Crippen LogP contribution in [-0.2, 0) is 27.2 Å². The first-order valence-corrected chi connectivity index (χ1v) is 11.3. The number of aryl methyl sites for hydroxylation is 1. The molecule has 0 heterocycles. The Balaban J connectivity index is 1.38. The van der Waals surface area contributed by atoms with Crippen LogP contribution in [0.4, 0.5) is 0 Å². The summed E-state index contributed by atoms with van der Waals surface area (Å²) in [5.41, 5.74) is 0.778. The number of hydrogen-bond acceptors (Lipinski definition) is 5. The molecule has 3 N–H and O–H groups in total. The van der Waals surface area contributed by atoms with E-state index < -0.39 is 11.4 Å². The van der Waals surface area contributed by atoms with Crippen LogP contribution in [0.5, 0.6) is 11.5 Å². The predicted octanol–water partition coefficient (Wildman–Crippen LogP) is 4.87. The maximum absolute atomic E-state index is 11.2. The van der Waals surface area contributed by atoms with E-state index >= 15 is 0 Å². The maximum atomic E-state index is 11.2. The second-order valence-electron chi connectivity index (χ2n) is 9.17. The number of unbranched alkanes of at least 4 members (excludes halogenated alkanes) is 4. The van der Waals surface area contributed by atoms with Gasteiger partial charge in [0.15, 0.2) is 0 Å². The van der Waals surface area contributed by atoms with E-state index in [1.807, 2.05) is 0 Å². The molecule has 0 amide bonds. The van der Waals surface area contributed by atoms with Crippen LogP contribution in [0.3, 0.4) is 0 Å². The number of aromatic hydroxyl groups is 2. The fourth-order valence-corrected chi connectivity index (χ4v) is 4.39. The molecule has 0 spiro atoms. The van der Waals surface area contributed by atoms with Crippen LogP contribution in [0.2, 0.25) is 0 Å². The van der Waals surface area contributed by atoms with Gasteiger partial charge < -0.3 is 20.1 Å². The largest absolute Gasteiger partial charge is 0.508 e. The number of phenolic OH excluding ortho intramolecular Hbond substituents is 2. The van der Waals surface area contributed by atoms with Gasteiger partial charge in [0.05, 0.1) is 5.41 Å². The number of carbonyl (C=O) groups excluding carboxylic acids is 1. The Morgan fingerprint density at radius 1 is 0.933 bits per heavy atom. The predicted molar refractivity (Wildman–Crippen MR) is 113 cm³/mol. The minimum absolute atomic E-state index is 0.130. The molecule has 2 saturated carbocycles. The van der Waals surface area contributed by atoms with Gasteiger partial charge in [0.1, 0.15) is 17.1 Å². The zero-order valence-electron chi connectivity index (χ0n) is 17.7. The first-order chi connectivity index (χ1) is 14.4. The van der Waals surface area contributed by atoms with Crippen molar-refractivity contribution in [3.63, 3.8) is 0 Å². The molecule has 0 radical (unpaired) electrons. The highest BCUT2D eigenvalue weighted by molar-refractivity contribution is 5.77. The fraction of sp³-hybridized carbons (Fsp3) is 0.667. The first kappa shape index (κ1) is 22.4. The Bertz CT molecular complexity index is 748. The van der Waals surface area contributed by atoms with E-state index in [0.29, 0.717) is 18.5 Å². The number of aliphatic carboxylic acids is 1. The minimum atomic E-state index is -0.646. The van der Waals surface area contributed by atoms with Gasteiger partial charge in [0.25, 0.3) is 6.47 Å². The summed E-state index contributed by atoms with van der Waals surface area (Å²) in [6.07, 6.45) is 12.0. The van der Waals surface area contributed by atoms with Crippen LogP contribution in [0.25, 0.3) is 0 Å². The smallest absolute Gasteiger partial charge is 0.309 e. The third kappa shape index (κ3) is 5.67. The highest BCUT2D eigenvalue weighted by Crippen LogP contribution is 2.50. The molecule has 2 aliphatic rings. The van der Waals surface area contributed by atoms with E-state index in [-0.39, 0.29) is 17.1 Å². The molecule has 2 aliphatic carbocycles. The van der Waals surface area contributed by atoms with Crippen LogP contribution >= 0.6 is 0 Å². The standard InChI is InChI=1S/C24H34O6/c25-17-30-24(15-16-24)12-6-4-8-19-20(26)10-9-18(21(19)27)7-3-1-2-5-11-23(13-14-23)22(28)29/h9-10,17,26-27H,1-8,11-16H2,(H,28,29). The Morgan fingerprint density at radius 2 is 1.60 bits per heavy atom. The van der Waals surface area contributed by atoms with E-state index in [9.17, 15) is 24.9 Å². The van der Waals surface area contributed by atoms with Crippen molar-refractivity contribution in [3.8, 4) is 11.5 Å². The third-order valence-corrected chi connectivity index (χ3v) is 6.92. The van der Waals surface area contributed by atoms with Crippen molar-refractivity contribution < 1.29 is 29.6 Å². The van der Waals surface area contributed by atoms with Gasteiger partial charge >= 0.3 is 5.97 Å². The van der Waals surface area contributed by atoms with Crippen molar-refractivity contribution in [2.75, 3.05) is 0 Å². The van der Waals surface area contributed by atoms with Crippen LogP contribution < -0.4 is 0 Å². The Morgan fingerprint density at radius 3 is 2.23 bits per heavy atom. The number of phenols is 2. The number of ether oxygens (including phenoxy) is 1. The molecule has 30 heavy (non-hydrogen) atoms. The molecule has 166 valence electrons. The van der Waals surface area contributed by atoms with Crippen molar-refractivity contribution in [2.24, 2.45) is 5.41 Å². The van der Waals surface area contributed by atoms with E-state index in [0.717, 1.165) is 89.0 Å². The van der Waals surface area contributed by atoms with Gasteiger partial charge in [0, 0.05) is 5.56 Å². The lowest BCUT2D eigenvalue weighted by atomic mass is 9.96. The average Bonchev–Trinajstić information content (AvgIpc) is 3.63. The highest BCUT2D eigenvalue weighted by atomic mass is 16.5. The van der Waals surface area contributed by atoms with Crippen LogP contribution in [0.15, 0.2) is 12.1 Å². The SMILES string of the molecule is O=COC1(CCCCc2c(O)ccc(CCCCCCC3(C(=O)O)CC3)c2O)CC1. The number of carboxylic acid groups (broad SMARTS) is 1. The second-order valence-corrected chi connectivity index (χ2v) is 9.17. The average molecular weight is 419 g/mol. The van der Waals surface area contributed by atoms with E-state index in [4.69, 9.17) is 4.74 Å². The molecule has 3 rings (SSSR count). The normalized spacial score (nSPS) is 18.0. The molecular formula is C24H34O6. The van der Waals surface area contributed by atoms with Crippen molar-refractivity contribution in [1.29, 1.82) is 0 Å².